The molecule has 5 heteroatoms. The zero-order chi connectivity index (χ0) is 10.3. The minimum atomic E-state index is 0.333. The van der Waals surface area contributed by atoms with Gasteiger partial charge in [-0.1, -0.05) is 0 Å². The van der Waals surface area contributed by atoms with Gasteiger partial charge in [0.1, 0.15) is 11.3 Å². The monoisotopic (exact) mass is 204 g/mol. The van der Waals surface area contributed by atoms with Gasteiger partial charge in [-0.05, 0) is 6.42 Å². The number of anilines is 1. The molecule has 5 nitrogen and oxygen atoms in total. The molecule has 1 unspecified atom stereocenters. The maximum Gasteiger partial charge on any atom is 0.125 e. The van der Waals surface area contributed by atoms with Crippen LogP contribution in [0.5, 0.6) is 0 Å². The van der Waals surface area contributed by atoms with Crippen LogP contribution < -0.4 is 5.73 Å². The van der Waals surface area contributed by atoms with Crippen LogP contribution in [0.25, 0.3) is 11.0 Å². The van der Waals surface area contributed by atoms with Crippen LogP contribution in [0.1, 0.15) is 18.0 Å². The first-order valence-corrected chi connectivity index (χ1v) is 5.02. The summed E-state index contributed by atoms with van der Waals surface area (Å²) in [6.07, 6.45) is 2.67. The number of H-pyrrole nitrogens is 1. The highest BCUT2D eigenvalue weighted by Gasteiger charge is 2.22. The number of nitrogens with one attached hydrogen (secondary N) is 1. The molecule has 0 amide bonds. The number of aromatic nitrogens is 3. The van der Waals surface area contributed by atoms with Gasteiger partial charge in [-0.25, -0.2) is 9.97 Å². The molecule has 78 valence electrons. The van der Waals surface area contributed by atoms with E-state index in [2.05, 4.69) is 15.0 Å². The Labute approximate surface area is 86.7 Å². The normalized spacial score (nSPS) is 21.2. The van der Waals surface area contributed by atoms with Crippen molar-refractivity contribution in [3.63, 3.8) is 0 Å². The van der Waals surface area contributed by atoms with E-state index in [1.165, 1.54) is 0 Å². The van der Waals surface area contributed by atoms with E-state index in [1.807, 2.05) is 6.07 Å². The largest absolute Gasteiger partial charge is 0.384 e. The quantitative estimate of drug-likeness (QED) is 0.727. The SMILES string of the molecule is Nc1cc2[nH]cnc2c(C2CCOC2)n1. The molecule has 0 saturated carbocycles. The standard InChI is InChI=1S/C10H12N4O/c11-8-3-7-10(13-5-12-7)9(14-8)6-1-2-15-4-6/h3,5-6H,1-2,4H2,(H2,11,14)(H,12,13). The molecule has 0 aliphatic carbocycles. The van der Waals surface area contributed by atoms with E-state index < -0.39 is 0 Å². The Morgan fingerprint density at radius 3 is 3.27 bits per heavy atom. The number of ether oxygens (including phenoxy) is 1. The van der Waals surface area contributed by atoms with Gasteiger partial charge in [0.15, 0.2) is 0 Å². The van der Waals surface area contributed by atoms with Crippen LogP contribution in [-0.4, -0.2) is 28.2 Å². The van der Waals surface area contributed by atoms with Crippen LogP contribution in [0.2, 0.25) is 0 Å². The van der Waals surface area contributed by atoms with Gasteiger partial charge >= 0.3 is 0 Å². The van der Waals surface area contributed by atoms with Crippen molar-refractivity contribution < 1.29 is 4.74 Å². The summed E-state index contributed by atoms with van der Waals surface area (Å²) in [5.41, 5.74) is 8.58. The molecule has 2 aromatic heterocycles. The number of rotatable bonds is 1. The number of fused-ring (bicyclic) bond motifs is 1. The van der Waals surface area contributed by atoms with Crippen molar-refractivity contribution in [2.24, 2.45) is 0 Å². The van der Waals surface area contributed by atoms with Gasteiger partial charge in [-0.2, -0.15) is 0 Å². The lowest BCUT2D eigenvalue weighted by Gasteiger charge is -2.08. The number of nitrogen functional groups attached to an aromatic ring is 1. The lowest BCUT2D eigenvalue weighted by Crippen LogP contribution is -2.04. The molecule has 3 N–H and O–H groups in total. The first-order chi connectivity index (χ1) is 7.34. The molecule has 1 aliphatic heterocycles. The second-order valence-electron chi connectivity index (χ2n) is 3.79. The molecule has 15 heavy (non-hydrogen) atoms. The lowest BCUT2D eigenvalue weighted by molar-refractivity contribution is 0.193. The third-order valence-corrected chi connectivity index (χ3v) is 2.77. The van der Waals surface area contributed by atoms with E-state index in [-0.39, 0.29) is 0 Å². The van der Waals surface area contributed by atoms with Crippen molar-refractivity contribution in [1.82, 2.24) is 15.0 Å². The molecular formula is C10H12N4O. The Morgan fingerprint density at radius 2 is 2.47 bits per heavy atom. The molecule has 1 atom stereocenters. The maximum absolute atomic E-state index is 5.75. The third-order valence-electron chi connectivity index (χ3n) is 2.77. The first kappa shape index (κ1) is 8.67. The van der Waals surface area contributed by atoms with Gasteiger partial charge in [0.2, 0.25) is 0 Å². The maximum atomic E-state index is 5.75. The fourth-order valence-electron chi connectivity index (χ4n) is 2.03. The van der Waals surface area contributed by atoms with Crippen LogP contribution in [-0.2, 0) is 4.74 Å². The molecule has 1 aliphatic rings. The van der Waals surface area contributed by atoms with E-state index in [4.69, 9.17) is 10.5 Å². The van der Waals surface area contributed by atoms with Crippen molar-refractivity contribution in [3.8, 4) is 0 Å². The van der Waals surface area contributed by atoms with Crippen LogP contribution in [0, 0.1) is 0 Å². The molecule has 0 bridgehead atoms. The average molecular weight is 204 g/mol. The highest BCUT2D eigenvalue weighted by molar-refractivity contribution is 5.79. The van der Waals surface area contributed by atoms with E-state index >= 15 is 0 Å². The first-order valence-electron chi connectivity index (χ1n) is 5.02. The van der Waals surface area contributed by atoms with Crippen molar-refractivity contribution in [2.45, 2.75) is 12.3 Å². The number of nitrogens with zero attached hydrogens (tertiary/aromatic N) is 2. The van der Waals surface area contributed by atoms with Crippen molar-refractivity contribution in [2.75, 3.05) is 18.9 Å². The minimum absolute atomic E-state index is 0.333. The fourth-order valence-corrected chi connectivity index (χ4v) is 2.03. The van der Waals surface area contributed by atoms with E-state index in [9.17, 15) is 0 Å². The van der Waals surface area contributed by atoms with Gasteiger partial charge in [-0.3, -0.25) is 0 Å². The smallest absolute Gasteiger partial charge is 0.125 e. The predicted octanol–water partition coefficient (Wildman–Crippen LogP) is 1.04. The second-order valence-corrected chi connectivity index (χ2v) is 3.79. The predicted molar refractivity (Wildman–Crippen MR) is 56.5 cm³/mol. The Bertz CT molecular complexity index is 487. The summed E-state index contributed by atoms with van der Waals surface area (Å²) in [4.78, 5) is 11.7. The van der Waals surface area contributed by atoms with Gasteiger partial charge in [0.05, 0.1) is 24.1 Å². The van der Waals surface area contributed by atoms with E-state index in [1.54, 1.807) is 6.33 Å². The number of hydrogen-bond acceptors (Lipinski definition) is 4. The zero-order valence-electron chi connectivity index (χ0n) is 8.23. The molecule has 0 radical (unpaired) electrons. The van der Waals surface area contributed by atoms with Crippen LogP contribution in [0.15, 0.2) is 12.4 Å². The van der Waals surface area contributed by atoms with Crippen molar-refractivity contribution >= 4 is 16.9 Å². The fraction of sp³-hybridized carbons (Fsp3) is 0.400. The lowest BCUT2D eigenvalue weighted by atomic mass is 10.0. The van der Waals surface area contributed by atoms with Gasteiger partial charge in [0.25, 0.3) is 0 Å². The van der Waals surface area contributed by atoms with Crippen LogP contribution in [0.4, 0.5) is 5.82 Å². The summed E-state index contributed by atoms with van der Waals surface area (Å²) in [5.74, 6) is 0.868. The van der Waals surface area contributed by atoms with Crippen LogP contribution in [0.3, 0.4) is 0 Å². The summed E-state index contributed by atoms with van der Waals surface area (Å²) >= 11 is 0. The molecule has 3 rings (SSSR count). The molecule has 3 heterocycles. The Morgan fingerprint density at radius 1 is 1.53 bits per heavy atom. The topological polar surface area (TPSA) is 76.8 Å². The zero-order valence-corrected chi connectivity index (χ0v) is 8.23. The molecular weight excluding hydrogens is 192 g/mol. The van der Waals surface area contributed by atoms with Crippen LogP contribution >= 0.6 is 0 Å². The number of hydrogen-bond donors (Lipinski definition) is 2. The Balaban J connectivity index is 2.18. The van der Waals surface area contributed by atoms with E-state index in [0.29, 0.717) is 11.7 Å². The molecule has 0 spiro atoms. The number of aromatic amines is 1. The summed E-state index contributed by atoms with van der Waals surface area (Å²) in [7, 11) is 0. The number of pyridine rings is 1. The Kier molecular flexibility index (Phi) is 1.85. The highest BCUT2D eigenvalue weighted by atomic mass is 16.5. The summed E-state index contributed by atoms with van der Waals surface area (Å²) in [6, 6.07) is 1.81. The molecule has 2 aromatic rings. The highest BCUT2D eigenvalue weighted by Crippen LogP contribution is 2.29. The Hall–Kier alpha value is -1.62. The summed E-state index contributed by atoms with van der Waals surface area (Å²) < 4.78 is 5.36. The second kappa shape index (κ2) is 3.20. The molecule has 0 aromatic carbocycles. The third kappa shape index (κ3) is 1.35. The van der Waals surface area contributed by atoms with E-state index in [0.717, 1.165) is 36.4 Å². The van der Waals surface area contributed by atoms with Gasteiger partial charge in [0, 0.05) is 18.6 Å². The van der Waals surface area contributed by atoms with Crippen molar-refractivity contribution in [3.05, 3.63) is 18.1 Å². The average Bonchev–Trinajstić information content (AvgIpc) is 2.86. The number of nitrogens with two attached hydrogens (primary N) is 1. The van der Waals surface area contributed by atoms with Gasteiger partial charge < -0.3 is 15.5 Å². The minimum Gasteiger partial charge on any atom is -0.384 e. The molecule has 1 saturated heterocycles. The summed E-state index contributed by atoms with van der Waals surface area (Å²) in [5, 5.41) is 0. The summed E-state index contributed by atoms with van der Waals surface area (Å²) in [6.45, 7) is 1.52. The van der Waals surface area contributed by atoms with Crippen molar-refractivity contribution in [1.29, 1.82) is 0 Å². The van der Waals surface area contributed by atoms with Gasteiger partial charge in [-0.15, -0.1) is 0 Å². The number of imidazole rings is 1. The molecule has 1 fully saturated rings.